The van der Waals surface area contributed by atoms with Gasteiger partial charge in [0.15, 0.2) is 0 Å². The third-order valence-electron chi connectivity index (χ3n) is 2.22. The minimum absolute atomic E-state index is 0.0105. The van der Waals surface area contributed by atoms with Crippen LogP contribution in [-0.2, 0) is 10.0 Å². The van der Waals surface area contributed by atoms with Crippen LogP contribution < -0.4 is 9.46 Å². The van der Waals surface area contributed by atoms with Crippen molar-refractivity contribution in [2.75, 3.05) is 13.7 Å². The van der Waals surface area contributed by atoms with Crippen LogP contribution in [0.2, 0.25) is 0 Å². The van der Waals surface area contributed by atoms with Gasteiger partial charge in [-0.05, 0) is 13.0 Å². The van der Waals surface area contributed by atoms with Crippen LogP contribution in [0.1, 0.15) is 6.92 Å². The van der Waals surface area contributed by atoms with Gasteiger partial charge in [0.1, 0.15) is 10.6 Å². The molecule has 0 radical (unpaired) electrons. The lowest BCUT2D eigenvalue weighted by Gasteiger charge is -2.11. The second-order valence-corrected chi connectivity index (χ2v) is 5.53. The topological polar surface area (TPSA) is 119 Å². The van der Waals surface area contributed by atoms with Crippen molar-refractivity contribution in [3.05, 3.63) is 28.3 Å². The lowest BCUT2D eigenvalue weighted by atomic mass is 10.3. The molecule has 1 aromatic rings. The van der Waals surface area contributed by atoms with Crippen LogP contribution in [-0.4, -0.2) is 38.2 Å². The first-order valence-electron chi connectivity index (χ1n) is 5.28. The maximum absolute atomic E-state index is 12.0. The van der Waals surface area contributed by atoms with Crippen molar-refractivity contribution in [1.29, 1.82) is 0 Å². The lowest BCUT2D eigenvalue weighted by molar-refractivity contribution is -0.385. The number of nitro groups is 1. The molecule has 9 heteroatoms. The third kappa shape index (κ3) is 3.88. The average molecular weight is 290 g/mol. The number of aliphatic hydroxyl groups excluding tert-OH is 1. The Morgan fingerprint density at radius 2 is 2.16 bits per heavy atom. The molecule has 0 aliphatic heterocycles. The predicted octanol–water partition coefficient (Wildman–Crippen LogP) is 0.262. The Kier molecular flexibility index (Phi) is 4.81. The average Bonchev–Trinajstić information content (AvgIpc) is 2.35. The number of non-ortho nitro benzene ring substituents is 1. The van der Waals surface area contributed by atoms with Gasteiger partial charge in [0.25, 0.3) is 5.69 Å². The number of hydrogen-bond acceptors (Lipinski definition) is 6. The highest BCUT2D eigenvalue weighted by Gasteiger charge is 2.23. The Morgan fingerprint density at radius 1 is 1.53 bits per heavy atom. The van der Waals surface area contributed by atoms with Gasteiger partial charge in [0.2, 0.25) is 10.0 Å². The van der Waals surface area contributed by atoms with E-state index in [2.05, 4.69) is 4.72 Å². The molecular weight excluding hydrogens is 276 g/mol. The van der Waals surface area contributed by atoms with Crippen LogP contribution in [0.5, 0.6) is 5.75 Å². The maximum Gasteiger partial charge on any atom is 0.271 e. The van der Waals surface area contributed by atoms with Crippen molar-refractivity contribution in [3.63, 3.8) is 0 Å². The van der Waals surface area contributed by atoms with Crippen molar-refractivity contribution in [3.8, 4) is 5.75 Å². The van der Waals surface area contributed by atoms with E-state index in [0.717, 1.165) is 12.1 Å². The second kappa shape index (κ2) is 5.95. The van der Waals surface area contributed by atoms with Gasteiger partial charge in [0.05, 0.1) is 18.1 Å². The van der Waals surface area contributed by atoms with Gasteiger partial charge >= 0.3 is 0 Å². The molecule has 0 amide bonds. The van der Waals surface area contributed by atoms with E-state index in [0.29, 0.717) is 0 Å². The van der Waals surface area contributed by atoms with Gasteiger partial charge in [-0.15, -0.1) is 0 Å². The standard InChI is InChI=1S/C10H14N2O6S/c1-7(13)6-11-19(16,17)10-5-8(12(14)15)3-4-9(10)18-2/h3-5,7,11,13H,6H2,1-2H3/t7-/m1/s1. The molecule has 0 bridgehead atoms. The van der Waals surface area contributed by atoms with Crippen LogP contribution in [0.4, 0.5) is 5.69 Å². The van der Waals surface area contributed by atoms with Crippen LogP contribution in [0, 0.1) is 10.1 Å². The van der Waals surface area contributed by atoms with Crippen LogP contribution in [0.25, 0.3) is 0 Å². The third-order valence-corrected chi connectivity index (χ3v) is 3.66. The summed E-state index contributed by atoms with van der Waals surface area (Å²) in [7, 11) is -2.73. The minimum Gasteiger partial charge on any atom is -0.495 e. The van der Waals surface area contributed by atoms with Gasteiger partial charge in [-0.3, -0.25) is 10.1 Å². The van der Waals surface area contributed by atoms with Gasteiger partial charge in [0, 0.05) is 18.7 Å². The normalized spacial score (nSPS) is 13.0. The summed E-state index contributed by atoms with van der Waals surface area (Å²) in [6.07, 6.45) is -0.875. The lowest BCUT2D eigenvalue weighted by Crippen LogP contribution is -2.30. The molecule has 0 heterocycles. The zero-order valence-corrected chi connectivity index (χ0v) is 11.2. The summed E-state index contributed by atoms with van der Waals surface area (Å²) in [5.41, 5.74) is -0.363. The fourth-order valence-electron chi connectivity index (χ4n) is 1.30. The Balaban J connectivity index is 3.22. The molecule has 0 aliphatic rings. The monoisotopic (exact) mass is 290 g/mol. The van der Waals surface area contributed by atoms with E-state index < -0.39 is 21.1 Å². The second-order valence-electron chi connectivity index (χ2n) is 3.79. The summed E-state index contributed by atoms with van der Waals surface area (Å²) >= 11 is 0. The molecule has 0 saturated heterocycles. The van der Waals surface area contributed by atoms with E-state index in [4.69, 9.17) is 9.84 Å². The first kappa shape index (κ1) is 15.3. The summed E-state index contributed by atoms with van der Waals surface area (Å²) in [6.45, 7) is 1.21. The largest absolute Gasteiger partial charge is 0.495 e. The van der Waals surface area contributed by atoms with Crippen molar-refractivity contribution < 1.29 is 23.2 Å². The molecule has 0 spiro atoms. The Bertz CT molecular complexity index is 569. The smallest absolute Gasteiger partial charge is 0.271 e. The first-order chi connectivity index (χ1) is 8.77. The molecular formula is C10H14N2O6S. The van der Waals surface area contributed by atoms with Gasteiger partial charge < -0.3 is 9.84 Å². The van der Waals surface area contributed by atoms with E-state index in [9.17, 15) is 18.5 Å². The number of hydrogen-bond donors (Lipinski definition) is 2. The number of benzene rings is 1. The maximum atomic E-state index is 12.0. The molecule has 1 atom stereocenters. The molecule has 8 nitrogen and oxygen atoms in total. The highest BCUT2D eigenvalue weighted by molar-refractivity contribution is 7.89. The van der Waals surface area contributed by atoms with Crippen molar-refractivity contribution in [2.45, 2.75) is 17.9 Å². The zero-order valence-electron chi connectivity index (χ0n) is 10.4. The van der Waals surface area contributed by atoms with Crippen molar-refractivity contribution in [2.24, 2.45) is 0 Å². The Labute approximate surface area is 110 Å². The van der Waals surface area contributed by atoms with E-state index in [1.165, 1.54) is 20.1 Å². The van der Waals surface area contributed by atoms with Gasteiger partial charge in [-0.25, -0.2) is 13.1 Å². The fourth-order valence-corrected chi connectivity index (χ4v) is 2.61. The molecule has 1 aromatic carbocycles. The fraction of sp³-hybridized carbons (Fsp3) is 0.400. The highest BCUT2D eigenvalue weighted by atomic mass is 32.2. The molecule has 0 saturated carbocycles. The molecule has 19 heavy (non-hydrogen) atoms. The highest BCUT2D eigenvalue weighted by Crippen LogP contribution is 2.27. The molecule has 2 N–H and O–H groups in total. The minimum atomic E-state index is -3.99. The molecule has 0 unspecified atom stereocenters. The van der Waals surface area contributed by atoms with Crippen LogP contribution in [0.3, 0.4) is 0 Å². The quantitative estimate of drug-likeness (QED) is 0.573. The number of sulfonamides is 1. The number of nitrogens with one attached hydrogen (secondary N) is 1. The molecule has 1 rings (SSSR count). The number of ether oxygens (including phenoxy) is 1. The van der Waals surface area contributed by atoms with Crippen LogP contribution in [0.15, 0.2) is 23.1 Å². The van der Waals surface area contributed by atoms with Gasteiger partial charge in [-0.2, -0.15) is 0 Å². The first-order valence-corrected chi connectivity index (χ1v) is 6.76. The van der Waals surface area contributed by atoms with Gasteiger partial charge in [-0.1, -0.05) is 0 Å². The van der Waals surface area contributed by atoms with Crippen molar-refractivity contribution >= 4 is 15.7 Å². The van der Waals surface area contributed by atoms with E-state index >= 15 is 0 Å². The summed E-state index contributed by atoms with van der Waals surface area (Å²) in [5.74, 6) is -0.0105. The summed E-state index contributed by atoms with van der Waals surface area (Å²) in [5, 5.41) is 19.7. The molecule has 0 aliphatic carbocycles. The van der Waals surface area contributed by atoms with Crippen molar-refractivity contribution in [1.82, 2.24) is 4.72 Å². The molecule has 0 aromatic heterocycles. The SMILES string of the molecule is COc1ccc([N+](=O)[O-])cc1S(=O)(=O)NC[C@@H](C)O. The Morgan fingerprint density at radius 3 is 2.63 bits per heavy atom. The van der Waals surface area contributed by atoms with E-state index in [1.807, 2.05) is 0 Å². The number of methoxy groups -OCH3 is 1. The summed E-state index contributed by atoms with van der Waals surface area (Å²) in [4.78, 5) is 9.61. The molecule has 0 fully saturated rings. The predicted molar refractivity (Wildman–Crippen MR) is 66.5 cm³/mol. The Hall–Kier alpha value is -1.71. The van der Waals surface area contributed by atoms with E-state index in [1.54, 1.807) is 0 Å². The number of nitro benzene ring substituents is 1. The van der Waals surface area contributed by atoms with E-state index in [-0.39, 0.29) is 22.9 Å². The number of rotatable bonds is 6. The molecule has 106 valence electrons. The number of nitrogens with zero attached hydrogens (tertiary/aromatic N) is 1. The van der Waals surface area contributed by atoms with Crippen LogP contribution >= 0.6 is 0 Å². The summed E-state index contributed by atoms with van der Waals surface area (Å²) in [6, 6.07) is 3.25. The zero-order chi connectivity index (χ0) is 14.6. The number of aliphatic hydroxyl groups is 1. The summed E-state index contributed by atoms with van der Waals surface area (Å²) < 4.78 is 30.9.